The van der Waals surface area contributed by atoms with E-state index in [2.05, 4.69) is 11.8 Å². The number of amides is 2. The van der Waals surface area contributed by atoms with Crippen molar-refractivity contribution in [2.45, 2.75) is 6.54 Å². The molecule has 1 aliphatic heterocycles. The van der Waals surface area contributed by atoms with Crippen molar-refractivity contribution >= 4 is 11.8 Å². The smallest absolute Gasteiger partial charge is 0.312 e. The molecule has 0 saturated carbocycles. The van der Waals surface area contributed by atoms with Gasteiger partial charge in [0.05, 0.1) is 0 Å². The molecular weight excluding hydrogens is 275 g/mol. The minimum Gasteiger partial charge on any atom is -0.384 e. The van der Waals surface area contributed by atoms with E-state index < -0.39 is 17.6 Å². The molecule has 0 bridgehead atoms. The molecule has 1 aliphatic rings. The standard InChI is InChI=1S/C15H15FN2O3/c1-17-6-7-18(15(21)14(17)20)10-12-5-4-11(3-2-8-19)9-13(12)16/h4-5,9,19H,6-8,10H2,1H3. The maximum absolute atomic E-state index is 14.0. The van der Waals surface area contributed by atoms with Gasteiger partial charge in [-0.2, -0.15) is 0 Å². The Morgan fingerprint density at radius 1 is 1.29 bits per heavy atom. The molecule has 2 rings (SSSR count). The molecule has 1 fully saturated rings. The second-order valence-corrected chi connectivity index (χ2v) is 4.72. The molecule has 0 atom stereocenters. The number of carbonyl (C=O) groups excluding carboxylic acids is 2. The fourth-order valence-corrected chi connectivity index (χ4v) is 2.02. The largest absolute Gasteiger partial charge is 0.384 e. The molecule has 1 saturated heterocycles. The molecule has 1 heterocycles. The molecule has 6 heteroatoms. The highest BCUT2D eigenvalue weighted by molar-refractivity contribution is 6.35. The number of nitrogens with zero attached hydrogens (tertiary/aromatic N) is 2. The number of aliphatic hydroxyl groups is 1. The predicted molar refractivity (Wildman–Crippen MR) is 73.4 cm³/mol. The van der Waals surface area contributed by atoms with Gasteiger partial charge in [-0.15, -0.1) is 0 Å². The van der Waals surface area contributed by atoms with E-state index in [1.807, 2.05) is 0 Å². The number of likely N-dealkylation sites (N-methyl/N-ethyl adjacent to an activating group) is 1. The molecule has 0 aromatic heterocycles. The highest BCUT2D eigenvalue weighted by Gasteiger charge is 2.30. The summed E-state index contributed by atoms with van der Waals surface area (Å²) >= 11 is 0. The summed E-state index contributed by atoms with van der Waals surface area (Å²) in [6, 6.07) is 4.40. The Balaban J connectivity index is 2.13. The maximum atomic E-state index is 14.0. The minimum absolute atomic E-state index is 0.0535. The number of halogens is 1. The number of hydrogen-bond acceptors (Lipinski definition) is 3. The van der Waals surface area contributed by atoms with Crippen molar-refractivity contribution in [1.82, 2.24) is 9.80 Å². The lowest BCUT2D eigenvalue weighted by molar-refractivity contribution is -0.155. The summed E-state index contributed by atoms with van der Waals surface area (Å²) in [7, 11) is 1.56. The number of piperazine rings is 1. The molecule has 110 valence electrons. The summed E-state index contributed by atoms with van der Waals surface area (Å²) in [6.07, 6.45) is 0. The first kappa shape index (κ1) is 15.0. The molecule has 1 aromatic carbocycles. The molecule has 5 nitrogen and oxygen atoms in total. The van der Waals surface area contributed by atoms with Crippen molar-refractivity contribution in [3.05, 3.63) is 35.1 Å². The van der Waals surface area contributed by atoms with Gasteiger partial charge in [-0.25, -0.2) is 4.39 Å². The van der Waals surface area contributed by atoms with Crippen LogP contribution in [0.1, 0.15) is 11.1 Å². The molecule has 1 N–H and O–H groups in total. The fraction of sp³-hybridized carbons (Fsp3) is 0.333. The molecule has 21 heavy (non-hydrogen) atoms. The number of carbonyl (C=O) groups is 2. The number of aliphatic hydroxyl groups excluding tert-OH is 1. The van der Waals surface area contributed by atoms with Gasteiger partial charge in [0.15, 0.2) is 0 Å². The van der Waals surface area contributed by atoms with E-state index in [1.165, 1.54) is 21.9 Å². The van der Waals surface area contributed by atoms with Crippen LogP contribution in [0.3, 0.4) is 0 Å². The Labute approximate surface area is 122 Å². The third-order valence-electron chi connectivity index (χ3n) is 3.25. The summed E-state index contributed by atoms with van der Waals surface area (Å²) in [6.45, 7) is 0.581. The first-order chi connectivity index (χ1) is 10.0. The first-order valence-electron chi connectivity index (χ1n) is 6.45. The molecule has 0 radical (unpaired) electrons. The second-order valence-electron chi connectivity index (χ2n) is 4.72. The Morgan fingerprint density at radius 2 is 2.05 bits per heavy atom. The number of hydrogen-bond donors (Lipinski definition) is 1. The lowest BCUT2D eigenvalue weighted by atomic mass is 10.1. The molecular formula is C15H15FN2O3. The van der Waals surface area contributed by atoms with Gasteiger partial charge in [0.25, 0.3) is 0 Å². The summed E-state index contributed by atoms with van der Waals surface area (Å²) < 4.78 is 14.0. The van der Waals surface area contributed by atoms with E-state index in [0.717, 1.165) is 0 Å². The third kappa shape index (κ3) is 3.38. The molecule has 1 aromatic rings. The van der Waals surface area contributed by atoms with Crippen LogP contribution in [0.25, 0.3) is 0 Å². The van der Waals surface area contributed by atoms with Crippen molar-refractivity contribution in [2.24, 2.45) is 0 Å². The lowest BCUT2D eigenvalue weighted by Gasteiger charge is -2.31. The van der Waals surface area contributed by atoms with Crippen molar-refractivity contribution in [1.29, 1.82) is 0 Å². The van der Waals surface area contributed by atoms with Crippen LogP contribution in [0.5, 0.6) is 0 Å². The molecule has 0 unspecified atom stereocenters. The molecule has 2 amide bonds. The van der Waals surface area contributed by atoms with Crippen molar-refractivity contribution < 1.29 is 19.1 Å². The van der Waals surface area contributed by atoms with E-state index in [9.17, 15) is 14.0 Å². The van der Waals surface area contributed by atoms with Gasteiger partial charge in [0.2, 0.25) is 0 Å². The van der Waals surface area contributed by atoms with Gasteiger partial charge < -0.3 is 14.9 Å². The second kappa shape index (κ2) is 6.37. The maximum Gasteiger partial charge on any atom is 0.312 e. The Bertz CT molecular complexity index is 634. The van der Waals surface area contributed by atoms with Gasteiger partial charge in [-0.3, -0.25) is 9.59 Å². The van der Waals surface area contributed by atoms with E-state index in [0.29, 0.717) is 24.2 Å². The van der Waals surface area contributed by atoms with Crippen LogP contribution >= 0.6 is 0 Å². The summed E-state index contributed by atoms with van der Waals surface area (Å²) in [5, 5.41) is 8.60. The third-order valence-corrected chi connectivity index (χ3v) is 3.25. The van der Waals surface area contributed by atoms with Gasteiger partial charge >= 0.3 is 11.8 Å². The first-order valence-corrected chi connectivity index (χ1v) is 6.45. The Kier molecular flexibility index (Phi) is 4.55. The molecule has 0 aliphatic carbocycles. The van der Waals surface area contributed by atoms with E-state index in [4.69, 9.17) is 5.11 Å². The summed E-state index contributed by atoms with van der Waals surface area (Å²) in [4.78, 5) is 26.1. The van der Waals surface area contributed by atoms with Crippen molar-refractivity contribution in [3.63, 3.8) is 0 Å². The predicted octanol–water partition coefficient (Wildman–Crippen LogP) is -0.0299. The SMILES string of the molecule is CN1CCN(Cc2ccc(C#CCO)cc2F)C(=O)C1=O. The lowest BCUT2D eigenvalue weighted by Crippen LogP contribution is -2.52. The van der Waals surface area contributed by atoms with Crippen molar-refractivity contribution in [3.8, 4) is 11.8 Å². The zero-order valence-electron chi connectivity index (χ0n) is 11.6. The zero-order chi connectivity index (χ0) is 15.4. The highest BCUT2D eigenvalue weighted by atomic mass is 19.1. The minimum atomic E-state index is -0.618. The summed E-state index contributed by atoms with van der Waals surface area (Å²) in [5.41, 5.74) is 0.779. The Morgan fingerprint density at radius 3 is 2.71 bits per heavy atom. The van der Waals surface area contributed by atoms with Gasteiger partial charge in [-0.1, -0.05) is 17.9 Å². The number of rotatable bonds is 2. The van der Waals surface area contributed by atoms with Crippen molar-refractivity contribution in [2.75, 3.05) is 26.7 Å². The van der Waals surface area contributed by atoms with E-state index in [-0.39, 0.29) is 13.2 Å². The quantitative estimate of drug-likeness (QED) is 0.614. The van der Waals surface area contributed by atoms with E-state index in [1.54, 1.807) is 13.1 Å². The summed E-state index contributed by atoms with van der Waals surface area (Å²) in [5.74, 6) is 3.36. The van der Waals surface area contributed by atoms with Crippen LogP contribution in [0.15, 0.2) is 18.2 Å². The monoisotopic (exact) mass is 290 g/mol. The van der Waals surface area contributed by atoms with Crippen LogP contribution in [0.2, 0.25) is 0 Å². The van der Waals surface area contributed by atoms with Crippen LogP contribution < -0.4 is 0 Å². The fourth-order valence-electron chi connectivity index (χ4n) is 2.02. The average molecular weight is 290 g/mol. The van der Waals surface area contributed by atoms with Crippen LogP contribution in [0, 0.1) is 17.7 Å². The van der Waals surface area contributed by atoms with Gasteiger partial charge in [-0.05, 0) is 12.1 Å². The topological polar surface area (TPSA) is 60.9 Å². The average Bonchev–Trinajstić information content (AvgIpc) is 2.47. The number of benzene rings is 1. The van der Waals surface area contributed by atoms with E-state index >= 15 is 0 Å². The molecule has 0 spiro atoms. The van der Waals surface area contributed by atoms with Crippen LogP contribution in [-0.4, -0.2) is 53.5 Å². The zero-order valence-corrected chi connectivity index (χ0v) is 11.6. The Hall–Kier alpha value is -2.39. The highest BCUT2D eigenvalue weighted by Crippen LogP contribution is 2.14. The van der Waals surface area contributed by atoms with Gasteiger partial charge in [0, 0.05) is 37.8 Å². The normalized spacial score (nSPS) is 15.0. The van der Waals surface area contributed by atoms with Gasteiger partial charge in [0.1, 0.15) is 12.4 Å². The van der Waals surface area contributed by atoms with Crippen LogP contribution in [-0.2, 0) is 16.1 Å². The van der Waals surface area contributed by atoms with Crippen LogP contribution in [0.4, 0.5) is 4.39 Å².